The van der Waals surface area contributed by atoms with Crippen LogP contribution in [0.4, 0.5) is 0 Å². The van der Waals surface area contributed by atoms with Gasteiger partial charge in [0, 0.05) is 38.2 Å². The van der Waals surface area contributed by atoms with E-state index in [9.17, 15) is 9.59 Å². The van der Waals surface area contributed by atoms with Crippen molar-refractivity contribution in [1.82, 2.24) is 19.8 Å². The highest BCUT2D eigenvalue weighted by Crippen LogP contribution is 2.28. The largest absolute Gasteiger partial charge is 0.483 e. The van der Waals surface area contributed by atoms with Crippen LogP contribution in [0.25, 0.3) is 16.7 Å². The highest BCUT2D eigenvalue weighted by Gasteiger charge is 2.19. The van der Waals surface area contributed by atoms with E-state index in [4.69, 9.17) is 9.72 Å². The molecule has 1 N–H and O–H groups in total. The SMILES string of the molecule is CCC(NC(=O)CCc1nc2ccccc2n1-c1ccccc1)c1ccccc1OCC(=O)N(C)C. The summed E-state index contributed by atoms with van der Waals surface area (Å²) in [5.74, 6) is 1.26. The van der Waals surface area contributed by atoms with E-state index in [1.807, 2.05) is 85.8 Å². The fraction of sp³-hybridized carbons (Fsp3) is 0.276. The topological polar surface area (TPSA) is 76.5 Å². The standard InChI is InChI=1S/C29H32N4O3/c1-4-23(22-14-8-11-17-26(22)36-20-29(35)32(2)3)31-28(34)19-18-27-30-24-15-9-10-16-25(24)33(27)21-12-6-5-7-13-21/h5-17,23H,4,18-20H2,1-3H3,(H,31,34). The molecule has 1 heterocycles. The van der Waals surface area contributed by atoms with Gasteiger partial charge < -0.3 is 15.0 Å². The minimum atomic E-state index is -0.226. The van der Waals surface area contributed by atoms with Gasteiger partial charge in [0.25, 0.3) is 5.91 Å². The number of fused-ring (bicyclic) bond motifs is 1. The molecule has 0 fully saturated rings. The van der Waals surface area contributed by atoms with Gasteiger partial charge in [-0.25, -0.2) is 4.98 Å². The highest BCUT2D eigenvalue weighted by atomic mass is 16.5. The summed E-state index contributed by atoms with van der Waals surface area (Å²) in [6.07, 6.45) is 1.49. The normalized spacial score (nSPS) is 11.8. The van der Waals surface area contributed by atoms with Gasteiger partial charge in [0.05, 0.1) is 17.1 Å². The highest BCUT2D eigenvalue weighted by molar-refractivity contribution is 5.80. The van der Waals surface area contributed by atoms with Gasteiger partial charge in [-0.3, -0.25) is 14.2 Å². The van der Waals surface area contributed by atoms with Crippen LogP contribution in [-0.4, -0.2) is 47.0 Å². The van der Waals surface area contributed by atoms with Crippen LogP contribution < -0.4 is 10.1 Å². The Hall–Kier alpha value is -4.13. The van der Waals surface area contributed by atoms with Crippen molar-refractivity contribution < 1.29 is 14.3 Å². The van der Waals surface area contributed by atoms with Gasteiger partial charge >= 0.3 is 0 Å². The minimum absolute atomic E-state index is 0.0515. The molecule has 7 nitrogen and oxygen atoms in total. The lowest BCUT2D eigenvalue weighted by Gasteiger charge is -2.21. The van der Waals surface area contributed by atoms with Crippen molar-refractivity contribution in [3.63, 3.8) is 0 Å². The summed E-state index contributed by atoms with van der Waals surface area (Å²) in [6.45, 7) is 1.96. The summed E-state index contributed by atoms with van der Waals surface area (Å²) >= 11 is 0. The Morgan fingerprint density at radius 1 is 0.972 bits per heavy atom. The number of nitrogens with zero attached hydrogens (tertiary/aromatic N) is 3. The lowest BCUT2D eigenvalue weighted by Crippen LogP contribution is -2.30. The zero-order valence-corrected chi connectivity index (χ0v) is 21.0. The lowest BCUT2D eigenvalue weighted by atomic mass is 10.0. The average Bonchev–Trinajstić information content (AvgIpc) is 3.28. The van der Waals surface area contributed by atoms with Crippen LogP contribution in [0, 0.1) is 0 Å². The predicted octanol–water partition coefficient (Wildman–Crippen LogP) is 4.69. The fourth-order valence-corrected chi connectivity index (χ4v) is 4.17. The summed E-state index contributed by atoms with van der Waals surface area (Å²) in [4.78, 5) is 31.3. The molecule has 0 radical (unpaired) electrons. The Morgan fingerprint density at radius 3 is 2.42 bits per heavy atom. The first-order valence-corrected chi connectivity index (χ1v) is 12.2. The van der Waals surface area contributed by atoms with Crippen molar-refractivity contribution in [3.8, 4) is 11.4 Å². The Kier molecular flexibility index (Phi) is 8.00. The summed E-state index contributed by atoms with van der Waals surface area (Å²) < 4.78 is 7.91. The zero-order chi connectivity index (χ0) is 25.5. The van der Waals surface area contributed by atoms with Crippen LogP contribution in [-0.2, 0) is 16.0 Å². The predicted molar refractivity (Wildman–Crippen MR) is 141 cm³/mol. The quantitative estimate of drug-likeness (QED) is 0.354. The Balaban J connectivity index is 1.48. The van der Waals surface area contributed by atoms with E-state index in [1.165, 1.54) is 4.90 Å². The first-order chi connectivity index (χ1) is 17.5. The third-order valence-corrected chi connectivity index (χ3v) is 6.11. The summed E-state index contributed by atoms with van der Waals surface area (Å²) in [5.41, 5.74) is 3.80. The number of para-hydroxylation sites is 4. The number of likely N-dealkylation sites (N-methyl/N-ethyl adjacent to an activating group) is 1. The number of ether oxygens (including phenoxy) is 1. The van der Waals surface area contributed by atoms with Gasteiger partial charge in [0.15, 0.2) is 6.61 Å². The number of nitrogens with one attached hydrogen (secondary N) is 1. The molecule has 4 rings (SSSR count). The molecule has 0 bridgehead atoms. The zero-order valence-electron chi connectivity index (χ0n) is 21.0. The van der Waals surface area contributed by atoms with Gasteiger partial charge in [-0.1, -0.05) is 55.5 Å². The van der Waals surface area contributed by atoms with E-state index in [0.717, 1.165) is 28.1 Å². The maximum absolute atomic E-state index is 13.0. The molecule has 0 spiro atoms. The average molecular weight is 485 g/mol. The molecule has 0 aliphatic rings. The summed E-state index contributed by atoms with van der Waals surface area (Å²) in [6, 6.07) is 25.4. The molecule has 1 aromatic heterocycles. The van der Waals surface area contributed by atoms with Crippen LogP contribution in [0.2, 0.25) is 0 Å². The summed E-state index contributed by atoms with van der Waals surface area (Å²) in [7, 11) is 3.39. The number of hydrogen-bond acceptors (Lipinski definition) is 4. The van der Waals surface area contributed by atoms with Crippen molar-refractivity contribution in [2.24, 2.45) is 0 Å². The van der Waals surface area contributed by atoms with E-state index in [2.05, 4.69) is 9.88 Å². The minimum Gasteiger partial charge on any atom is -0.483 e. The monoisotopic (exact) mass is 484 g/mol. The number of amides is 2. The molecule has 1 atom stereocenters. The molecule has 36 heavy (non-hydrogen) atoms. The van der Waals surface area contributed by atoms with Gasteiger partial charge in [0.2, 0.25) is 5.91 Å². The first kappa shape index (κ1) is 25.0. The second-order valence-electron chi connectivity index (χ2n) is 8.83. The van der Waals surface area contributed by atoms with E-state index in [-0.39, 0.29) is 24.5 Å². The van der Waals surface area contributed by atoms with Crippen molar-refractivity contribution in [1.29, 1.82) is 0 Å². The maximum Gasteiger partial charge on any atom is 0.259 e. The van der Waals surface area contributed by atoms with Crippen LogP contribution in [0.15, 0.2) is 78.9 Å². The van der Waals surface area contributed by atoms with Gasteiger partial charge in [-0.05, 0) is 36.8 Å². The van der Waals surface area contributed by atoms with Crippen LogP contribution >= 0.6 is 0 Å². The van der Waals surface area contributed by atoms with Crippen LogP contribution in [0.1, 0.15) is 37.2 Å². The lowest BCUT2D eigenvalue weighted by molar-refractivity contribution is -0.130. The fourth-order valence-electron chi connectivity index (χ4n) is 4.17. The van der Waals surface area contributed by atoms with Crippen LogP contribution in [0.5, 0.6) is 5.75 Å². The van der Waals surface area contributed by atoms with Crippen molar-refractivity contribution in [3.05, 3.63) is 90.3 Å². The molecule has 2 amide bonds. The molecule has 4 aromatic rings. The van der Waals surface area contributed by atoms with Gasteiger partial charge in [0.1, 0.15) is 11.6 Å². The molecule has 0 aliphatic carbocycles. The maximum atomic E-state index is 13.0. The molecule has 186 valence electrons. The number of rotatable bonds is 10. The van der Waals surface area contributed by atoms with E-state index in [0.29, 0.717) is 25.0 Å². The third kappa shape index (κ3) is 5.74. The van der Waals surface area contributed by atoms with Crippen molar-refractivity contribution in [2.45, 2.75) is 32.2 Å². The molecular formula is C29H32N4O3. The Bertz CT molecular complexity index is 1330. The smallest absolute Gasteiger partial charge is 0.259 e. The Morgan fingerprint density at radius 2 is 1.67 bits per heavy atom. The molecule has 7 heteroatoms. The molecule has 0 saturated heterocycles. The van der Waals surface area contributed by atoms with Crippen LogP contribution in [0.3, 0.4) is 0 Å². The van der Waals surface area contributed by atoms with Gasteiger partial charge in [-0.2, -0.15) is 0 Å². The van der Waals surface area contributed by atoms with Crippen molar-refractivity contribution in [2.75, 3.05) is 20.7 Å². The number of carbonyl (C=O) groups excluding carboxylic acids is 2. The number of aryl methyl sites for hydroxylation is 1. The van der Waals surface area contributed by atoms with Gasteiger partial charge in [-0.15, -0.1) is 0 Å². The summed E-state index contributed by atoms with van der Waals surface area (Å²) in [5, 5.41) is 3.15. The number of hydrogen-bond donors (Lipinski definition) is 1. The second-order valence-corrected chi connectivity index (χ2v) is 8.83. The number of aromatic nitrogens is 2. The van der Waals surface area contributed by atoms with E-state index in [1.54, 1.807) is 14.1 Å². The molecular weight excluding hydrogens is 452 g/mol. The molecule has 3 aromatic carbocycles. The number of imidazole rings is 1. The molecule has 1 unspecified atom stereocenters. The van der Waals surface area contributed by atoms with E-state index < -0.39 is 0 Å². The molecule has 0 saturated carbocycles. The number of benzene rings is 3. The Labute approximate surface area is 211 Å². The second kappa shape index (κ2) is 11.5. The first-order valence-electron chi connectivity index (χ1n) is 12.2. The number of carbonyl (C=O) groups is 2. The third-order valence-electron chi connectivity index (χ3n) is 6.11. The molecule has 0 aliphatic heterocycles. The van der Waals surface area contributed by atoms with E-state index >= 15 is 0 Å². The van der Waals surface area contributed by atoms with Crippen molar-refractivity contribution >= 4 is 22.8 Å².